The number of benzene rings is 1. The molecule has 0 aliphatic rings. The van der Waals surface area contributed by atoms with Gasteiger partial charge >= 0.3 is 0 Å². The van der Waals surface area contributed by atoms with Crippen LogP contribution in [0.5, 0.6) is 0 Å². The van der Waals surface area contributed by atoms with E-state index >= 15 is 0 Å². The highest BCUT2D eigenvalue weighted by Gasteiger charge is 2.11. The van der Waals surface area contributed by atoms with E-state index in [1.165, 1.54) is 0 Å². The molecule has 0 saturated heterocycles. The van der Waals surface area contributed by atoms with E-state index in [1.54, 1.807) is 24.3 Å². The summed E-state index contributed by atoms with van der Waals surface area (Å²) in [5, 5.41) is 2.93. The Hall–Kier alpha value is -1.55. The van der Waals surface area contributed by atoms with Crippen LogP contribution in [0.3, 0.4) is 0 Å². The van der Waals surface area contributed by atoms with Crippen LogP contribution in [-0.4, -0.2) is 18.5 Å². The molecule has 0 bridgehead atoms. The molecule has 0 aliphatic heterocycles. The van der Waals surface area contributed by atoms with Crippen molar-refractivity contribution in [1.29, 1.82) is 0 Å². The van der Waals surface area contributed by atoms with Crippen molar-refractivity contribution in [3.8, 4) is 0 Å². The van der Waals surface area contributed by atoms with Crippen molar-refractivity contribution in [3.05, 3.63) is 29.8 Å². The lowest BCUT2D eigenvalue weighted by atomic mass is 10.1. The van der Waals surface area contributed by atoms with Crippen molar-refractivity contribution >= 4 is 11.6 Å². The van der Waals surface area contributed by atoms with Crippen molar-refractivity contribution in [3.63, 3.8) is 0 Å². The third kappa shape index (κ3) is 4.44. The van der Waals surface area contributed by atoms with Gasteiger partial charge in [-0.2, -0.15) is 0 Å². The summed E-state index contributed by atoms with van der Waals surface area (Å²) in [6.07, 6.45) is 3.09. The fraction of sp³-hybridized carbons (Fsp3) is 0.462. The Morgan fingerprint density at radius 2 is 2.24 bits per heavy atom. The monoisotopic (exact) mass is 235 g/mol. The fourth-order valence-corrected chi connectivity index (χ4v) is 1.65. The van der Waals surface area contributed by atoms with Gasteiger partial charge in [0, 0.05) is 23.8 Å². The summed E-state index contributed by atoms with van der Waals surface area (Å²) in [5.41, 5.74) is 12.4. The first-order valence-electron chi connectivity index (χ1n) is 6.03. The number of unbranched alkanes of at least 4 members (excludes halogenated alkanes) is 1. The quantitative estimate of drug-likeness (QED) is 0.654. The molecule has 4 nitrogen and oxygen atoms in total. The Morgan fingerprint density at radius 3 is 2.82 bits per heavy atom. The largest absolute Gasteiger partial charge is 0.399 e. The zero-order valence-electron chi connectivity index (χ0n) is 10.3. The lowest BCUT2D eigenvalue weighted by Gasteiger charge is -2.16. The van der Waals surface area contributed by atoms with Gasteiger partial charge in [-0.05, 0) is 24.6 Å². The number of rotatable bonds is 6. The number of hydrogen-bond donors (Lipinski definition) is 3. The third-order valence-electron chi connectivity index (χ3n) is 2.67. The first-order valence-corrected chi connectivity index (χ1v) is 6.03. The molecule has 0 radical (unpaired) electrons. The molecule has 0 aromatic heterocycles. The molecule has 0 spiro atoms. The highest BCUT2D eigenvalue weighted by atomic mass is 16.1. The minimum atomic E-state index is -0.108. The van der Waals surface area contributed by atoms with Gasteiger partial charge < -0.3 is 16.8 Å². The number of amides is 1. The van der Waals surface area contributed by atoms with Crippen LogP contribution >= 0.6 is 0 Å². The van der Waals surface area contributed by atoms with Crippen LogP contribution < -0.4 is 16.8 Å². The Labute approximate surface area is 102 Å². The molecule has 4 heteroatoms. The molecule has 0 heterocycles. The molecule has 1 aromatic rings. The summed E-state index contributed by atoms with van der Waals surface area (Å²) < 4.78 is 0. The maximum absolute atomic E-state index is 11.9. The van der Waals surface area contributed by atoms with Crippen molar-refractivity contribution < 1.29 is 4.79 Å². The second-order valence-corrected chi connectivity index (χ2v) is 4.17. The molecule has 5 N–H and O–H groups in total. The van der Waals surface area contributed by atoms with E-state index in [9.17, 15) is 4.79 Å². The molecule has 1 unspecified atom stereocenters. The van der Waals surface area contributed by atoms with Crippen molar-refractivity contribution in [1.82, 2.24) is 5.32 Å². The lowest BCUT2D eigenvalue weighted by Crippen LogP contribution is -2.40. The summed E-state index contributed by atoms with van der Waals surface area (Å²) >= 11 is 0. The third-order valence-corrected chi connectivity index (χ3v) is 2.67. The van der Waals surface area contributed by atoms with Gasteiger partial charge in [-0.15, -0.1) is 0 Å². The minimum Gasteiger partial charge on any atom is -0.399 e. The average molecular weight is 235 g/mol. The lowest BCUT2D eigenvalue weighted by molar-refractivity contribution is 0.0936. The van der Waals surface area contributed by atoms with Gasteiger partial charge in [0.05, 0.1) is 0 Å². The van der Waals surface area contributed by atoms with E-state index in [1.807, 2.05) is 0 Å². The molecule has 1 aromatic carbocycles. The molecule has 1 amide bonds. The van der Waals surface area contributed by atoms with Crippen molar-refractivity contribution in [2.75, 3.05) is 12.3 Å². The summed E-state index contributed by atoms with van der Waals surface area (Å²) in [6, 6.07) is 6.99. The van der Waals surface area contributed by atoms with E-state index in [4.69, 9.17) is 11.5 Å². The molecular formula is C13H21N3O. The number of carbonyl (C=O) groups is 1. The summed E-state index contributed by atoms with van der Waals surface area (Å²) in [5.74, 6) is -0.108. The van der Waals surface area contributed by atoms with Crippen LogP contribution in [0.2, 0.25) is 0 Å². The number of nitrogens with two attached hydrogens (primary N) is 2. The van der Waals surface area contributed by atoms with Gasteiger partial charge in [0.2, 0.25) is 0 Å². The summed E-state index contributed by atoms with van der Waals surface area (Å²) in [6.45, 7) is 2.58. The number of carbonyl (C=O) groups excluding carboxylic acids is 1. The molecule has 17 heavy (non-hydrogen) atoms. The van der Waals surface area contributed by atoms with E-state index in [2.05, 4.69) is 12.2 Å². The Kier molecular flexibility index (Phi) is 5.49. The minimum absolute atomic E-state index is 0.0453. The normalized spacial score (nSPS) is 12.1. The number of nitrogen functional groups attached to an aromatic ring is 1. The van der Waals surface area contributed by atoms with Crippen LogP contribution in [0.1, 0.15) is 36.5 Å². The van der Waals surface area contributed by atoms with E-state index < -0.39 is 0 Å². The predicted octanol–water partition coefficient (Wildman–Crippen LogP) is 1.52. The Bertz CT molecular complexity index is 365. The first kappa shape index (κ1) is 13.5. The second kappa shape index (κ2) is 6.91. The molecule has 1 atom stereocenters. The molecule has 0 fully saturated rings. The van der Waals surface area contributed by atoms with Crippen LogP contribution in [0.25, 0.3) is 0 Å². The number of hydrogen-bond acceptors (Lipinski definition) is 3. The van der Waals surface area contributed by atoms with Crippen LogP contribution in [0.4, 0.5) is 5.69 Å². The van der Waals surface area contributed by atoms with Gasteiger partial charge in [-0.1, -0.05) is 25.8 Å². The summed E-state index contributed by atoms with van der Waals surface area (Å²) in [7, 11) is 0. The topological polar surface area (TPSA) is 81.1 Å². The highest BCUT2D eigenvalue weighted by molar-refractivity contribution is 5.95. The Balaban J connectivity index is 2.58. The second-order valence-electron chi connectivity index (χ2n) is 4.17. The maximum Gasteiger partial charge on any atom is 0.251 e. The Morgan fingerprint density at radius 1 is 1.47 bits per heavy atom. The van der Waals surface area contributed by atoms with Crippen molar-refractivity contribution in [2.45, 2.75) is 32.2 Å². The van der Waals surface area contributed by atoms with Gasteiger partial charge in [-0.3, -0.25) is 4.79 Å². The van der Waals surface area contributed by atoms with E-state index in [0.29, 0.717) is 17.8 Å². The highest BCUT2D eigenvalue weighted by Crippen LogP contribution is 2.07. The van der Waals surface area contributed by atoms with Crippen LogP contribution in [-0.2, 0) is 0 Å². The van der Waals surface area contributed by atoms with Gasteiger partial charge in [-0.25, -0.2) is 0 Å². The van der Waals surface area contributed by atoms with Crippen LogP contribution in [0, 0.1) is 0 Å². The van der Waals surface area contributed by atoms with Gasteiger partial charge in [0.25, 0.3) is 5.91 Å². The zero-order chi connectivity index (χ0) is 12.7. The molecule has 94 valence electrons. The zero-order valence-corrected chi connectivity index (χ0v) is 10.3. The predicted molar refractivity (Wildman–Crippen MR) is 70.7 cm³/mol. The standard InChI is InChI=1S/C13H21N3O/c1-2-3-7-12(9-14)16-13(17)10-5-4-6-11(15)8-10/h4-6,8,12H,2-3,7,9,14-15H2,1H3,(H,16,17). The smallest absolute Gasteiger partial charge is 0.251 e. The van der Waals surface area contributed by atoms with Gasteiger partial charge in [0.15, 0.2) is 0 Å². The molecule has 0 aliphatic carbocycles. The average Bonchev–Trinajstić information content (AvgIpc) is 2.34. The van der Waals surface area contributed by atoms with Gasteiger partial charge in [0.1, 0.15) is 0 Å². The number of nitrogens with one attached hydrogen (secondary N) is 1. The maximum atomic E-state index is 11.9. The molecule has 1 rings (SSSR count). The molecule has 0 saturated carbocycles. The van der Waals surface area contributed by atoms with E-state index in [-0.39, 0.29) is 11.9 Å². The summed E-state index contributed by atoms with van der Waals surface area (Å²) in [4.78, 5) is 11.9. The van der Waals surface area contributed by atoms with E-state index in [0.717, 1.165) is 19.3 Å². The van der Waals surface area contributed by atoms with Crippen LogP contribution in [0.15, 0.2) is 24.3 Å². The first-order chi connectivity index (χ1) is 8.17. The SMILES string of the molecule is CCCCC(CN)NC(=O)c1cccc(N)c1. The number of anilines is 1. The van der Waals surface area contributed by atoms with Crippen molar-refractivity contribution in [2.24, 2.45) is 5.73 Å². The molecular weight excluding hydrogens is 214 g/mol. The fourth-order valence-electron chi connectivity index (χ4n) is 1.65.